The lowest BCUT2D eigenvalue weighted by atomic mass is 9.97. The molecule has 0 aromatic heterocycles. The van der Waals surface area contributed by atoms with Crippen LogP contribution < -0.4 is 5.32 Å². The third kappa shape index (κ3) is 3.28. The van der Waals surface area contributed by atoms with Gasteiger partial charge in [0.25, 0.3) is 0 Å². The first-order valence-corrected chi connectivity index (χ1v) is 7.57. The molecule has 1 aromatic carbocycles. The average Bonchev–Trinajstić information content (AvgIpc) is 2.92. The molecule has 0 heterocycles. The highest BCUT2D eigenvalue weighted by atomic mass is 14.9. The molecule has 0 aliphatic heterocycles. The van der Waals surface area contributed by atoms with Gasteiger partial charge in [-0.25, -0.2) is 0 Å². The second-order valence-corrected chi connectivity index (χ2v) is 5.91. The van der Waals surface area contributed by atoms with Gasteiger partial charge in [0, 0.05) is 11.7 Å². The molecule has 1 saturated carbocycles. The van der Waals surface area contributed by atoms with Gasteiger partial charge in [-0.1, -0.05) is 38.8 Å². The van der Waals surface area contributed by atoms with Crippen LogP contribution in [-0.2, 0) is 0 Å². The van der Waals surface area contributed by atoms with Crippen molar-refractivity contribution in [1.82, 2.24) is 0 Å². The largest absolute Gasteiger partial charge is 0.382 e. The van der Waals surface area contributed by atoms with Crippen LogP contribution in [0.25, 0.3) is 0 Å². The van der Waals surface area contributed by atoms with Crippen LogP contribution in [0.1, 0.15) is 64.4 Å². The van der Waals surface area contributed by atoms with Gasteiger partial charge in [-0.3, -0.25) is 0 Å². The molecule has 1 nitrogen and oxygen atoms in total. The van der Waals surface area contributed by atoms with Gasteiger partial charge in [0.2, 0.25) is 0 Å². The summed E-state index contributed by atoms with van der Waals surface area (Å²) in [6.45, 7) is 6.88. The van der Waals surface area contributed by atoms with Crippen molar-refractivity contribution in [3.8, 4) is 0 Å². The minimum atomic E-state index is 0.613. The molecule has 2 unspecified atom stereocenters. The standard InChI is InChI=1S/C17H27N/c1-4-13(2)15-9-11-17(12-10-15)18-14(3)16-7-5-6-8-16/h9-14,16,18H,4-8H2,1-3H3. The molecule has 1 N–H and O–H groups in total. The monoisotopic (exact) mass is 245 g/mol. The van der Waals surface area contributed by atoms with Crippen LogP contribution >= 0.6 is 0 Å². The third-order valence-electron chi connectivity index (χ3n) is 4.59. The summed E-state index contributed by atoms with van der Waals surface area (Å²) in [4.78, 5) is 0. The Balaban J connectivity index is 1.93. The number of nitrogens with one attached hydrogen (secondary N) is 1. The zero-order valence-electron chi connectivity index (χ0n) is 12.1. The van der Waals surface area contributed by atoms with E-state index in [0.717, 1.165) is 5.92 Å². The number of benzene rings is 1. The lowest BCUT2D eigenvalue weighted by Crippen LogP contribution is -2.23. The first-order chi connectivity index (χ1) is 8.70. The van der Waals surface area contributed by atoms with Gasteiger partial charge < -0.3 is 5.32 Å². The van der Waals surface area contributed by atoms with Gasteiger partial charge in [-0.15, -0.1) is 0 Å². The van der Waals surface area contributed by atoms with E-state index in [-0.39, 0.29) is 0 Å². The van der Waals surface area contributed by atoms with E-state index in [1.54, 1.807) is 0 Å². The molecule has 1 heteroatoms. The summed E-state index contributed by atoms with van der Waals surface area (Å²) in [7, 11) is 0. The fraction of sp³-hybridized carbons (Fsp3) is 0.647. The van der Waals surface area contributed by atoms with E-state index < -0.39 is 0 Å². The molecule has 2 atom stereocenters. The van der Waals surface area contributed by atoms with Crippen molar-refractivity contribution in [2.45, 2.75) is 64.8 Å². The lowest BCUT2D eigenvalue weighted by Gasteiger charge is -2.22. The summed E-state index contributed by atoms with van der Waals surface area (Å²) in [6.07, 6.45) is 6.86. The normalized spacial score (nSPS) is 19.7. The Morgan fingerprint density at radius 3 is 2.28 bits per heavy atom. The predicted octanol–water partition coefficient (Wildman–Crippen LogP) is 5.19. The van der Waals surface area contributed by atoms with Crippen LogP contribution in [0.3, 0.4) is 0 Å². The number of anilines is 1. The van der Waals surface area contributed by atoms with Crippen molar-refractivity contribution in [2.75, 3.05) is 5.32 Å². The third-order valence-corrected chi connectivity index (χ3v) is 4.59. The van der Waals surface area contributed by atoms with Crippen molar-refractivity contribution in [3.05, 3.63) is 29.8 Å². The summed E-state index contributed by atoms with van der Waals surface area (Å²) < 4.78 is 0. The zero-order valence-corrected chi connectivity index (χ0v) is 12.1. The van der Waals surface area contributed by atoms with Crippen LogP contribution in [0.2, 0.25) is 0 Å². The molecular formula is C17H27N. The zero-order chi connectivity index (χ0) is 13.0. The highest BCUT2D eigenvalue weighted by Crippen LogP contribution is 2.29. The van der Waals surface area contributed by atoms with Gasteiger partial charge in [0.1, 0.15) is 0 Å². The first-order valence-electron chi connectivity index (χ1n) is 7.57. The van der Waals surface area contributed by atoms with Crippen LogP contribution in [0, 0.1) is 5.92 Å². The van der Waals surface area contributed by atoms with Crippen molar-refractivity contribution in [3.63, 3.8) is 0 Å². The average molecular weight is 245 g/mol. The molecule has 1 aliphatic carbocycles. The molecule has 0 saturated heterocycles. The van der Waals surface area contributed by atoms with Gasteiger partial charge in [0.15, 0.2) is 0 Å². The summed E-state index contributed by atoms with van der Waals surface area (Å²) in [5.41, 5.74) is 2.73. The van der Waals surface area contributed by atoms with E-state index in [0.29, 0.717) is 12.0 Å². The van der Waals surface area contributed by atoms with Crippen molar-refractivity contribution >= 4 is 5.69 Å². The van der Waals surface area contributed by atoms with E-state index >= 15 is 0 Å². The SMILES string of the molecule is CCC(C)c1ccc(NC(C)C2CCCC2)cc1. The van der Waals surface area contributed by atoms with Gasteiger partial charge >= 0.3 is 0 Å². The summed E-state index contributed by atoms with van der Waals surface area (Å²) >= 11 is 0. The Hall–Kier alpha value is -0.980. The quantitative estimate of drug-likeness (QED) is 0.752. The molecule has 1 aromatic rings. The van der Waals surface area contributed by atoms with Crippen LogP contribution in [0.4, 0.5) is 5.69 Å². The van der Waals surface area contributed by atoms with Crippen molar-refractivity contribution in [1.29, 1.82) is 0 Å². The van der Waals surface area contributed by atoms with Gasteiger partial charge in [-0.2, -0.15) is 0 Å². The maximum Gasteiger partial charge on any atom is 0.0342 e. The van der Waals surface area contributed by atoms with E-state index in [1.165, 1.54) is 43.4 Å². The second-order valence-electron chi connectivity index (χ2n) is 5.91. The maximum absolute atomic E-state index is 3.67. The highest BCUT2D eigenvalue weighted by molar-refractivity contribution is 5.46. The topological polar surface area (TPSA) is 12.0 Å². The molecule has 1 fully saturated rings. The lowest BCUT2D eigenvalue weighted by molar-refractivity contribution is 0.482. The smallest absolute Gasteiger partial charge is 0.0342 e. The van der Waals surface area contributed by atoms with E-state index in [9.17, 15) is 0 Å². The Labute approximate surface area is 112 Å². The van der Waals surface area contributed by atoms with Crippen molar-refractivity contribution < 1.29 is 0 Å². The molecule has 0 bridgehead atoms. The Kier molecular flexibility index (Phi) is 4.68. The van der Waals surface area contributed by atoms with Crippen LogP contribution in [0.5, 0.6) is 0 Å². The van der Waals surface area contributed by atoms with Gasteiger partial charge in [-0.05, 0) is 55.7 Å². The van der Waals surface area contributed by atoms with Gasteiger partial charge in [0.05, 0.1) is 0 Å². The van der Waals surface area contributed by atoms with Crippen LogP contribution in [0.15, 0.2) is 24.3 Å². The molecule has 0 radical (unpaired) electrons. The molecular weight excluding hydrogens is 218 g/mol. The number of hydrogen-bond donors (Lipinski definition) is 1. The molecule has 0 amide bonds. The number of hydrogen-bond acceptors (Lipinski definition) is 1. The van der Waals surface area contributed by atoms with Crippen molar-refractivity contribution in [2.24, 2.45) is 5.92 Å². The summed E-state index contributed by atoms with van der Waals surface area (Å²) in [5, 5.41) is 3.67. The fourth-order valence-electron chi connectivity index (χ4n) is 2.98. The Morgan fingerprint density at radius 2 is 1.72 bits per heavy atom. The minimum Gasteiger partial charge on any atom is -0.382 e. The molecule has 2 rings (SSSR count). The molecule has 1 aliphatic rings. The highest BCUT2D eigenvalue weighted by Gasteiger charge is 2.21. The molecule has 0 spiro atoms. The predicted molar refractivity (Wildman–Crippen MR) is 80.2 cm³/mol. The number of rotatable bonds is 5. The summed E-state index contributed by atoms with van der Waals surface area (Å²) in [5.74, 6) is 1.55. The van der Waals surface area contributed by atoms with E-state index in [4.69, 9.17) is 0 Å². The second kappa shape index (κ2) is 6.26. The molecule has 100 valence electrons. The minimum absolute atomic E-state index is 0.613. The Bertz CT molecular complexity index is 348. The Morgan fingerprint density at radius 1 is 1.11 bits per heavy atom. The van der Waals surface area contributed by atoms with E-state index in [2.05, 4.69) is 50.4 Å². The van der Waals surface area contributed by atoms with E-state index in [1.807, 2.05) is 0 Å². The van der Waals surface area contributed by atoms with Crippen LogP contribution in [-0.4, -0.2) is 6.04 Å². The summed E-state index contributed by atoms with van der Waals surface area (Å²) in [6, 6.07) is 9.65. The first kappa shape index (κ1) is 13.5. The maximum atomic E-state index is 3.67. The fourth-order valence-corrected chi connectivity index (χ4v) is 2.98. The molecule has 18 heavy (non-hydrogen) atoms.